The van der Waals surface area contributed by atoms with Gasteiger partial charge in [0, 0.05) is 18.7 Å². The number of amides is 1. The fourth-order valence-electron chi connectivity index (χ4n) is 2.11. The monoisotopic (exact) mass is 343 g/mol. The van der Waals surface area contributed by atoms with Crippen LogP contribution in [0.5, 0.6) is 0 Å². The second-order valence-electron chi connectivity index (χ2n) is 5.34. The molecule has 0 spiro atoms. The number of carbonyl (C=O) groups excluding carboxylic acids is 1. The van der Waals surface area contributed by atoms with Gasteiger partial charge in [0.2, 0.25) is 11.7 Å². The summed E-state index contributed by atoms with van der Waals surface area (Å²) in [6.07, 6.45) is 0. The standard InChI is InChI=1S/C16H14FN5O3/c1-9(18-15(24)12-6-7-13(23)22(2)20-12)16-19-14(21-25-16)10-4-3-5-11(17)8-10/h3-9H,1-2H3,(H,18,24)/t9-/m1/s1. The van der Waals surface area contributed by atoms with Crippen LogP contribution in [0.1, 0.15) is 29.3 Å². The van der Waals surface area contributed by atoms with Crippen LogP contribution >= 0.6 is 0 Å². The average molecular weight is 343 g/mol. The van der Waals surface area contributed by atoms with Crippen LogP contribution in [0, 0.1) is 5.82 Å². The lowest BCUT2D eigenvalue weighted by atomic mass is 10.2. The molecule has 3 rings (SSSR count). The lowest BCUT2D eigenvalue weighted by molar-refractivity contribution is 0.0925. The van der Waals surface area contributed by atoms with Gasteiger partial charge in [0.1, 0.15) is 17.6 Å². The highest BCUT2D eigenvalue weighted by atomic mass is 19.1. The second-order valence-corrected chi connectivity index (χ2v) is 5.34. The molecule has 1 atom stereocenters. The van der Waals surface area contributed by atoms with Gasteiger partial charge < -0.3 is 9.84 Å². The molecule has 9 heteroatoms. The summed E-state index contributed by atoms with van der Waals surface area (Å²) >= 11 is 0. The third-order valence-electron chi connectivity index (χ3n) is 3.44. The molecule has 0 saturated carbocycles. The Balaban J connectivity index is 1.75. The molecule has 0 saturated heterocycles. The molecule has 8 nitrogen and oxygen atoms in total. The third-order valence-corrected chi connectivity index (χ3v) is 3.44. The number of hydrogen-bond acceptors (Lipinski definition) is 6. The highest BCUT2D eigenvalue weighted by molar-refractivity contribution is 5.92. The van der Waals surface area contributed by atoms with E-state index < -0.39 is 17.8 Å². The molecule has 0 unspecified atom stereocenters. The average Bonchev–Trinajstić information content (AvgIpc) is 3.07. The number of aromatic nitrogens is 4. The van der Waals surface area contributed by atoms with Crippen molar-refractivity contribution in [3.63, 3.8) is 0 Å². The van der Waals surface area contributed by atoms with E-state index >= 15 is 0 Å². The summed E-state index contributed by atoms with van der Waals surface area (Å²) < 4.78 is 19.5. The van der Waals surface area contributed by atoms with E-state index in [1.54, 1.807) is 13.0 Å². The van der Waals surface area contributed by atoms with Crippen molar-refractivity contribution in [2.75, 3.05) is 0 Å². The Bertz CT molecular complexity index is 982. The summed E-state index contributed by atoms with van der Waals surface area (Å²) in [6.45, 7) is 1.66. The van der Waals surface area contributed by atoms with Gasteiger partial charge in [-0.25, -0.2) is 9.07 Å². The Morgan fingerprint density at radius 2 is 2.12 bits per heavy atom. The van der Waals surface area contributed by atoms with E-state index in [0.29, 0.717) is 5.56 Å². The maximum Gasteiger partial charge on any atom is 0.272 e. The van der Waals surface area contributed by atoms with Gasteiger partial charge in [-0.1, -0.05) is 17.3 Å². The molecule has 1 aromatic carbocycles. The van der Waals surface area contributed by atoms with Gasteiger partial charge in [0.25, 0.3) is 11.5 Å². The molecular weight excluding hydrogens is 329 g/mol. The molecule has 0 aliphatic rings. The first-order chi connectivity index (χ1) is 11.9. The summed E-state index contributed by atoms with van der Waals surface area (Å²) in [5.41, 5.74) is 0.230. The van der Waals surface area contributed by atoms with Crippen molar-refractivity contribution in [1.82, 2.24) is 25.2 Å². The van der Waals surface area contributed by atoms with Gasteiger partial charge in [0.05, 0.1) is 0 Å². The predicted octanol–water partition coefficient (Wildman–Crippen LogP) is 1.46. The van der Waals surface area contributed by atoms with Crippen LogP contribution in [-0.2, 0) is 7.05 Å². The fraction of sp³-hybridized carbons (Fsp3) is 0.188. The zero-order chi connectivity index (χ0) is 18.0. The van der Waals surface area contributed by atoms with Gasteiger partial charge in [-0.2, -0.15) is 10.1 Å². The van der Waals surface area contributed by atoms with Gasteiger partial charge in [-0.3, -0.25) is 9.59 Å². The van der Waals surface area contributed by atoms with Crippen molar-refractivity contribution < 1.29 is 13.7 Å². The Morgan fingerprint density at radius 3 is 2.84 bits per heavy atom. The molecule has 25 heavy (non-hydrogen) atoms. The van der Waals surface area contributed by atoms with Gasteiger partial charge in [-0.15, -0.1) is 0 Å². The van der Waals surface area contributed by atoms with Crippen LogP contribution < -0.4 is 10.9 Å². The largest absolute Gasteiger partial charge is 0.339 e. The lowest BCUT2D eigenvalue weighted by Gasteiger charge is -2.09. The van der Waals surface area contributed by atoms with Crippen LogP contribution in [0.25, 0.3) is 11.4 Å². The summed E-state index contributed by atoms with van der Waals surface area (Å²) in [4.78, 5) is 27.7. The SMILES string of the molecule is C[C@@H](NC(=O)c1ccc(=O)n(C)n1)c1nc(-c2cccc(F)c2)no1. The molecular formula is C16H14FN5O3. The molecule has 0 aliphatic carbocycles. The van der Waals surface area contributed by atoms with Crippen LogP contribution in [0.15, 0.2) is 45.7 Å². The molecule has 128 valence electrons. The van der Waals surface area contributed by atoms with Crippen LogP contribution in [-0.4, -0.2) is 25.8 Å². The molecule has 0 bridgehead atoms. The molecule has 3 aromatic rings. The first kappa shape index (κ1) is 16.5. The van der Waals surface area contributed by atoms with Gasteiger partial charge in [-0.05, 0) is 25.1 Å². The summed E-state index contributed by atoms with van der Waals surface area (Å²) in [7, 11) is 1.45. The fourth-order valence-corrected chi connectivity index (χ4v) is 2.11. The molecule has 2 aromatic heterocycles. The number of rotatable bonds is 4. The Kier molecular flexibility index (Phi) is 4.38. The minimum Gasteiger partial charge on any atom is -0.339 e. The Hall–Kier alpha value is -3.36. The topological polar surface area (TPSA) is 103 Å². The first-order valence-corrected chi connectivity index (χ1v) is 7.39. The summed E-state index contributed by atoms with van der Waals surface area (Å²) in [5, 5.41) is 10.3. The Morgan fingerprint density at radius 1 is 1.32 bits per heavy atom. The van der Waals surface area contributed by atoms with Crippen LogP contribution in [0.3, 0.4) is 0 Å². The number of carbonyl (C=O) groups is 1. The molecule has 2 heterocycles. The highest BCUT2D eigenvalue weighted by Gasteiger charge is 2.19. The van der Waals surface area contributed by atoms with Crippen molar-refractivity contribution in [2.24, 2.45) is 7.05 Å². The van der Waals surface area contributed by atoms with Crippen molar-refractivity contribution in [3.05, 3.63) is 64.2 Å². The predicted molar refractivity (Wildman–Crippen MR) is 85.1 cm³/mol. The van der Waals surface area contributed by atoms with E-state index in [-0.39, 0.29) is 23.0 Å². The summed E-state index contributed by atoms with van der Waals surface area (Å²) in [5.74, 6) is -0.521. The minimum atomic E-state index is -0.596. The van der Waals surface area contributed by atoms with Crippen molar-refractivity contribution in [1.29, 1.82) is 0 Å². The van der Waals surface area contributed by atoms with Crippen molar-refractivity contribution >= 4 is 5.91 Å². The molecule has 0 aliphatic heterocycles. The second kappa shape index (κ2) is 6.63. The minimum absolute atomic E-state index is 0.0822. The van der Waals surface area contributed by atoms with E-state index in [1.165, 1.54) is 37.4 Å². The van der Waals surface area contributed by atoms with Crippen LogP contribution in [0.2, 0.25) is 0 Å². The lowest BCUT2D eigenvalue weighted by Crippen LogP contribution is -2.30. The number of aryl methyl sites for hydroxylation is 1. The maximum absolute atomic E-state index is 13.3. The smallest absolute Gasteiger partial charge is 0.272 e. The van der Waals surface area contributed by atoms with Crippen LogP contribution in [0.4, 0.5) is 4.39 Å². The van der Waals surface area contributed by atoms with E-state index in [2.05, 4.69) is 20.6 Å². The summed E-state index contributed by atoms with van der Waals surface area (Å²) in [6, 6.07) is 7.77. The van der Waals surface area contributed by atoms with Gasteiger partial charge >= 0.3 is 0 Å². The van der Waals surface area contributed by atoms with E-state index in [4.69, 9.17) is 4.52 Å². The zero-order valence-electron chi connectivity index (χ0n) is 13.4. The van der Waals surface area contributed by atoms with E-state index in [0.717, 1.165) is 4.68 Å². The number of benzene rings is 1. The quantitative estimate of drug-likeness (QED) is 0.769. The molecule has 1 amide bonds. The third kappa shape index (κ3) is 3.60. The normalized spacial score (nSPS) is 12.0. The van der Waals surface area contributed by atoms with Crippen molar-refractivity contribution in [3.8, 4) is 11.4 Å². The zero-order valence-corrected chi connectivity index (χ0v) is 13.4. The van der Waals surface area contributed by atoms with E-state index in [9.17, 15) is 14.0 Å². The van der Waals surface area contributed by atoms with E-state index in [1.807, 2.05) is 0 Å². The highest BCUT2D eigenvalue weighted by Crippen LogP contribution is 2.19. The molecule has 0 radical (unpaired) electrons. The molecule has 1 N–H and O–H groups in total. The number of halogens is 1. The Labute approximate surface area is 141 Å². The van der Waals surface area contributed by atoms with Gasteiger partial charge in [0.15, 0.2) is 0 Å². The molecule has 0 fully saturated rings. The number of nitrogens with zero attached hydrogens (tertiary/aromatic N) is 4. The number of nitrogens with one attached hydrogen (secondary N) is 1. The first-order valence-electron chi connectivity index (χ1n) is 7.39. The number of hydrogen-bond donors (Lipinski definition) is 1. The van der Waals surface area contributed by atoms with Crippen molar-refractivity contribution in [2.45, 2.75) is 13.0 Å². The maximum atomic E-state index is 13.3.